The van der Waals surface area contributed by atoms with E-state index in [9.17, 15) is 14.4 Å². The maximum Gasteiger partial charge on any atom is 0.259 e. The normalized spacial score (nSPS) is 20.1. The second-order valence-electron chi connectivity index (χ2n) is 10.1. The average Bonchev–Trinajstić information content (AvgIpc) is 3.01. The number of hydrogen-bond acceptors (Lipinski definition) is 4. The van der Waals surface area contributed by atoms with Crippen LogP contribution in [-0.2, 0) is 4.79 Å². The fraction of sp³-hybridized carbons (Fsp3) is 0.207. The summed E-state index contributed by atoms with van der Waals surface area (Å²) < 4.78 is 0. The molecule has 0 saturated carbocycles. The minimum Gasteiger partial charge on any atom is -0.357 e. The highest BCUT2D eigenvalue weighted by molar-refractivity contribution is 6.17. The Labute approximate surface area is 198 Å². The van der Waals surface area contributed by atoms with Crippen LogP contribution in [0.1, 0.15) is 64.6 Å². The van der Waals surface area contributed by atoms with E-state index in [4.69, 9.17) is 0 Å². The van der Waals surface area contributed by atoms with Crippen molar-refractivity contribution < 1.29 is 14.4 Å². The van der Waals surface area contributed by atoms with Gasteiger partial charge in [-0.05, 0) is 41.7 Å². The third kappa shape index (κ3) is 3.04. The van der Waals surface area contributed by atoms with E-state index >= 15 is 0 Å². The molecule has 0 bridgehead atoms. The van der Waals surface area contributed by atoms with Crippen molar-refractivity contribution in [1.29, 1.82) is 0 Å². The number of hydrogen-bond donors (Lipinski definition) is 1. The van der Waals surface area contributed by atoms with Crippen LogP contribution < -0.4 is 10.2 Å². The van der Waals surface area contributed by atoms with E-state index in [0.29, 0.717) is 46.5 Å². The van der Waals surface area contributed by atoms with Crippen molar-refractivity contribution in [3.8, 4) is 0 Å². The van der Waals surface area contributed by atoms with Crippen LogP contribution in [0.15, 0.2) is 84.1 Å². The second kappa shape index (κ2) is 7.26. The third-order valence-electron chi connectivity index (χ3n) is 7.00. The molecule has 1 N–H and O–H groups in total. The van der Waals surface area contributed by atoms with Crippen molar-refractivity contribution in [2.75, 3.05) is 10.2 Å². The molecule has 3 aromatic rings. The molecule has 0 fully saturated rings. The third-order valence-corrected chi connectivity index (χ3v) is 7.00. The SMILES string of the molecule is CC1(C)CC(=O)C2=C(C1)Nc1cc(C(=O)c3ccccc3)ccc1N1C(=O)c3ccccc3C21. The summed E-state index contributed by atoms with van der Waals surface area (Å²) >= 11 is 0. The molecule has 1 atom stereocenters. The standard InChI is InChI=1S/C29H24N2O3/c1-29(2)15-22-25(24(32)16-29)26-19-10-6-7-11-20(19)28(34)31(26)23-13-12-18(14-21(23)30-22)27(33)17-8-4-3-5-9-17/h3-14,26,30H,15-16H2,1-2H3. The first-order valence-electron chi connectivity index (χ1n) is 11.5. The topological polar surface area (TPSA) is 66.5 Å². The Morgan fingerprint density at radius 3 is 2.44 bits per heavy atom. The molecule has 5 nitrogen and oxygen atoms in total. The number of anilines is 2. The first-order valence-corrected chi connectivity index (χ1v) is 11.5. The molecule has 1 unspecified atom stereocenters. The van der Waals surface area contributed by atoms with Gasteiger partial charge in [-0.25, -0.2) is 0 Å². The van der Waals surface area contributed by atoms with Crippen LogP contribution in [0.5, 0.6) is 0 Å². The lowest BCUT2D eigenvalue weighted by molar-refractivity contribution is -0.118. The molecule has 0 saturated heterocycles. The summed E-state index contributed by atoms with van der Waals surface area (Å²) in [6.45, 7) is 4.17. The molecule has 3 aliphatic rings. The van der Waals surface area contributed by atoms with Crippen molar-refractivity contribution in [2.24, 2.45) is 5.41 Å². The lowest BCUT2D eigenvalue weighted by atomic mass is 9.73. The van der Waals surface area contributed by atoms with Gasteiger partial charge < -0.3 is 5.32 Å². The van der Waals surface area contributed by atoms with Crippen LogP contribution in [-0.4, -0.2) is 17.5 Å². The monoisotopic (exact) mass is 448 g/mol. The van der Waals surface area contributed by atoms with Gasteiger partial charge >= 0.3 is 0 Å². The number of ketones is 2. The smallest absolute Gasteiger partial charge is 0.259 e. The summed E-state index contributed by atoms with van der Waals surface area (Å²) in [5.41, 5.74) is 5.25. The minimum absolute atomic E-state index is 0.0617. The summed E-state index contributed by atoms with van der Waals surface area (Å²) in [7, 11) is 0. The number of benzene rings is 3. The zero-order chi connectivity index (χ0) is 23.6. The Morgan fingerprint density at radius 2 is 1.65 bits per heavy atom. The quantitative estimate of drug-likeness (QED) is 0.512. The molecule has 6 rings (SSSR count). The van der Waals surface area contributed by atoms with E-state index in [1.165, 1.54) is 0 Å². The number of fused-ring (bicyclic) bond motifs is 6. The maximum absolute atomic E-state index is 13.6. The number of Topliss-reactive ketones (excluding diaryl/α,β-unsaturated/α-hetero) is 1. The highest BCUT2D eigenvalue weighted by atomic mass is 16.2. The maximum atomic E-state index is 13.6. The molecule has 0 spiro atoms. The number of carbonyl (C=O) groups excluding carboxylic acids is 3. The number of amides is 1. The van der Waals surface area contributed by atoms with Gasteiger partial charge in [0.2, 0.25) is 0 Å². The number of carbonyl (C=O) groups is 3. The highest BCUT2D eigenvalue weighted by Crippen LogP contribution is 2.51. The van der Waals surface area contributed by atoms with Crippen molar-refractivity contribution in [1.82, 2.24) is 0 Å². The lowest BCUT2D eigenvalue weighted by Crippen LogP contribution is -2.34. The molecule has 0 aromatic heterocycles. The predicted octanol–water partition coefficient (Wildman–Crippen LogP) is 5.69. The summed E-state index contributed by atoms with van der Waals surface area (Å²) in [6.07, 6.45) is 1.12. The molecule has 168 valence electrons. The predicted molar refractivity (Wildman–Crippen MR) is 131 cm³/mol. The Balaban J connectivity index is 1.55. The van der Waals surface area contributed by atoms with E-state index in [1.807, 2.05) is 48.5 Å². The Morgan fingerprint density at radius 1 is 0.912 bits per heavy atom. The Bertz CT molecular complexity index is 1420. The van der Waals surface area contributed by atoms with Crippen LogP contribution in [0.4, 0.5) is 11.4 Å². The van der Waals surface area contributed by atoms with E-state index in [0.717, 1.165) is 11.3 Å². The molecule has 34 heavy (non-hydrogen) atoms. The molecule has 2 heterocycles. The van der Waals surface area contributed by atoms with Gasteiger partial charge in [-0.1, -0.05) is 62.4 Å². The summed E-state index contributed by atoms with van der Waals surface area (Å²) in [5, 5.41) is 3.49. The van der Waals surface area contributed by atoms with Crippen LogP contribution in [0.25, 0.3) is 0 Å². The van der Waals surface area contributed by atoms with Crippen molar-refractivity contribution in [2.45, 2.75) is 32.7 Å². The molecular weight excluding hydrogens is 424 g/mol. The van der Waals surface area contributed by atoms with Crippen molar-refractivity contribution in [3.05, 3.63) is 106 Å². The van der Waals surface area contributed by atoms with Crippen LogP contribution >= 0.6 is 0 Å². The Hall–Kier alpha value is -3.99. The van der Waals surface area contributed by atoms with Gasteiger partial charge in [-0.15, -0.1) is 0 Å². The zero-order valence-electron chi connectivity index (χ0n) is 19.1. The summed E-state index contributed by atoms with van der Waals surface area (Å²) in [5.74, 6) is -0.153. The number of allylic oxidation sites excluding steroid dienone is 1. The fourth-order valence-corrected chi connectivity index (χ4v) is 5.52. The van der Waals surface area contributed by atoms with Gasteiger partial charge in [0.25, 0.3) is 5.91 Å². The number of rotatable bonds is 2. The van der Waals surface area contributed by atoms with Gasteiger partial charge in [-0.2, -0.15) is 0 Å². The summed E-state index contributed by atoms with van der Waals surface area (Å²) in [6, 6.07) is 21.6. The molecule has 5 heteroatoms. The minimum atomic E-state index is -0.466. The lowest BCUT2D eigenvalue weighted by Gasteiger charge is -2.34. The average molecular weight is 449 g/mol. The van der Waals surface area contributed by atoms with Gasteiger partial charge in [0.05, 0.1) is 17.4 Å². The molecule has 0 radical (unpaired) electrons. The van der Waals surface area contributed by atoms with E-state index in [-0.39, 0.29) is 22.9 Å². The van der Waals surface area contributed by atoms with E-state index in [2.05, 4.69) is 19.2 Å². The van der Waals surface area contributed by atoms with E-state index < -0.39 is 6.04 Å². The first-order chi connectivity index (χ1) is 16.3. The van der Waals surface area contributed by atoms with Gasteiger partial charge in [0, 0.05) is 34.4 Å². The number of nitrogens with one attached hydrogen (secondary N) is 1. The molecule has 3 aromatic carbocycles. The van der Waals surface area contributed by atoms with Crippen molar-refractivity contribution >= 4 is 28.8 Å². The second-order valence-corrected chi connectivity index (χ2v) is 10.1. The molecule has 2 aliphatic heterocycles. The molecule has 1 amide bonds. The van der Waals surface area contributed by atoms with Crippen LogP contribution in [0.3, 0.4) is 0 Å². The number of nitrogens with zero attached hydrogens (tertiary/aromatic N) is 1. The van der Waals surface area contributed by atoms with Crippen LogP contribution in [0, 0.1) is 5.41 Å². The summed E-state index contributed by atoms with van der Waals surface area (Å²) in [4.78, 5) is 41.9. The zero-order valence-corrected chi connectivity index (χ0v) is 19.1. The largest absolute Gasteiger partial charge is 0.357 e. The van der Waals surface area contributed by atoms with Gasteiger partial charge in [-0.3, -0.25) is 19.3 Å². The van der Waals surface area contributed by atoms with Gasteiger partial charge in [0.15, 0.2) is 11.6 Å². The van der Waals surface area contributed by atoms with Gasteiger partial charge in [0.1, 0.15) is 0 Å². The van der Waals surface area contributed by atoms with E-state index in [1.54, 1.807) is 29.2 Å². The van der Waals surface area contributed by atoms with Crippen LogP contribution in [0.2, 0.25) is 0 Å². The molecule has 1 aliphatic carbocycles. The fourth-order valence-electron chi connectivity index (χ4n) is 5.52. The van der Waals surface area contributed by atoms with Crippen molar-refractivity contribution in [3.63, 3.8) is 0 Å². The highest BCUT2D eigenvalue weighted by Gasteiger charge is 2.47. The first kappa shape index (κ1) is 20.6. The Kier molecular flexibility index (Phi) is 4.40. The molecular formula is C29H24N2O3.